The number of rotatable bonds is 7. The topological polar surface area (TPSA) is 93.7 Å². The monoisotopic (exact) mass is 424 g/mol. The third kappa shape index (κ3) is 4.18. The number of para-hydroxylation sites is 1. The summed E-state index contributed by atoms with van der Waals surface area (Å²) in [6.45, 7) is 0.0247. The van der Waals surface area contributed by atoms with E-state index in [9.17, 15) is 14.4 Å². The molecule has 0 spiro atoms. The van der Waals surface area contributed by atoms with Crippen molar-refractivity contribution in [2.75, 3.05) is 25.1 Å². The highest BCUT2D eigenvalue weighted by Crippen LogP contribution is 2.59. The zero-order valence-corrected chi connectivity index (χ0v) is 17.5. The normalized spacial score (nSPS) is 30.8. The van der Waals surface area contributed by atoms with Gasteiger partial charge in [0.05, 0.1) is 0 Å². The molecule has 1 amide bonds. The van der Waals surface area contributed by atoms with Crippen molar-refractivity contribution in [2.24, 2.45) is 23.2 Å². The van der Waals surface area contributed by atoms with Crippen LogP contribution in [0.4, 0.5) is 5.69 Å². The van der Waals surface area contributed by atoms with Crippen molar-refractivity contribution in [2.45, 2.75) is 38.5 Å². The Bertz CT molecular complexity index is 888. The molecule has 0 unspecified atom stereocenters. The van der Waals surface area contributed by atoms with Crippen molar-refractivity contribution in [1.29, 1.82) is 0 Å². The largest absolute Gasteiger partial charge is 0.470 e. The van der Waals surface area contributed by atoms with Gasteiger partial charge in [-0.05, 0) is 73.8 Å². The average molecular weight is 424 g/mol. The van der Waals surface area contributed by atoms with Gasteiger partial charge in [-0.2, -0.15) is 0 Å². The van der Waals surface area contributed by atoms with Crippen LogP contribution >= 0.6 is 0 Å². The Balaban J connectivity index is 1.15. The number of ether oxygens (including phenoxy) is 2. The van der Waals surface area contributed by atoms with Crippen LogP contribution in [0.2, 0.25) is 0 Å². The summed E-state index contributed by atoms with van der Waals surface area (Å²) in [5.74, 6) is 0.887. The lowest BCUT2D eigenvalue weighted by Crippen LogP contribution is -2.51. The Labute approximate surface area is 181 Å². The lowest BCUT2D eigenvalue weighted by molar-refractivity contribution is -0.146. The summed E-state index contributed by atoms with van der Waals surface area (Å²) in [6, 6.07) is 9.09. The lowest BCUT2D eigenvalue weighted by atomic mass is 9.49. The Morgan fingerprint density at radius 1 is 1.03 bits per heavy atom. The first-order valence-corrected chi connectivity index (χ1v) is 11.2. The summed E-state index contributed by atoms with van der Waals surface area (Å²) in [7, 11) is 0. The van der Waals surface area contributed by atoms with Crippen LogP contribution in [0.25, 0.3) is 0 Å². The van der Waals surface area contributed by atoms with Crippen molar-refractivity contribution in [1.82, 2.24) is 5.32 Å². The molecule has 4 saturated carbocycles. The third-order valence-electron chi connectivity index (χ3n) is 7.25. The van der Waals surface area contributed by atoms with Gasteiger partial charge < -0.3 is 20.1 Å². The van der Waals surface area contributed by atoms with Gasteiger partial charge in [0.1, 0.15) is 0 Å². The van der Waals surface area contributed by atoms with E-state index in [-0.39, 0.29) is 29.4 Å². The van der Waals surface area contributed by atoms with Gasteiger partial charge in [-0.25, -0.2) is 4.79 Å². The molecule has 1 aromatic rings. The van der Waals surface area contributed by atoms with Crippen molar-refractivity contribution in [3.8, 4) is 0 Å². The number of amides is 1. The fraction of sp³-hybridized carbons (Fsp3) is 0.542. The summed E-state index contributed by atoms with van der Waals surface area (Å²) < 4.78 is 10.5. The summed E-state index contributed by atoms with van der Waals surface area (Å²) in [5, 5.41) is 5.91. The van der Waals surface area contributed by atoms with Crippen LogP contribution < -0.4 is 10.6 Å². The molecular formula is C24H28N2O5. The lowest BCUT2D eigenvalue weighted by Gasteiger charge is -2.56. The third-order valence-corrected chi connectivity index (χ3v) is 7.25. The molecule has 4 bridgehead atoms. The minimum absolute atomic E-state index is 0.0650. The second kappa shape index (κ2) is 8.02. The summed E-state index contributed by atoms with van der Waals surface area (Å²) >= 11 is 0. The number of esters is 1. The summed E-state index contributed by atoms with van der Waals surface area (Å²) in [5.41, 5.74) is 0.724. The number of anilines is 1. The Kier molecular flexibility index (Phi) is 5.20. The van der Waals surface area contributed by atoms with E-state index in [1.165, 1.54) is 38.5 Å². The molecule has 5 aliphatic rings. The Morgan fingerprint density at radius 2 is 1.68 bits per heavy atom. The van der Waals surface area contributed by atoms with Crippen LogP contribution in [0.3, 0.4) is 0 Å². The molecule has 1 heterocycles. The SMILES string of the molecule is O=C(COC(=O)C1=C(Nc2ccccc2)OCC1=O)NCC12CC3CC(CC(C3)C1)C2. The molecule has 4 fully saturated rings. The maximum Gasteiger partial charge on any atom is 0.347 e. The fourth-order valence-electron chi connectivity index (χ4n) is 6.41. The van der Waals surface area contributed by atoms with Gasteiger partial charge in [-0.3, -0.25) is 9.59 Å². The molecule has 1 aromatic carbocycles. The van der Waals surface area contributed by atoms with Crippen molar-refractivity contribution in [3.63, 3.8) is 0 Å². The van der Waals surface area contributed by atoms with Crippen LogP contribution in [0.15, 0.2) is 41.8 Å². The fourth-order valence-corrected chi connectivity index (χ4v) is 6.41. The Morgan fingerprint density at radius 3 is 2.32 bits per heavy atom. The van der Waals surface area contributed by atoms with Crippen LogP contribution in [0.1, 0.15) is 38.5 Å². The number of carbonyl (C=O) groups is 3. The minimum Gasteiger partial charge on any atom is -0.470 e. The van der Waals surface area contributed by atoms with E-state index >= 15 is 0 Å². The standard InChI is InChI=1S/C24H28N2O5/c27-19-12-30-22(26-18-4-2-1-3-5-18)21(19)23(29)31-13-20(28)25-14-24-9-15-6-16(10-24)8-17(7-15)11-24/h1-5,15-17,26H,6-14H2,(H,25,28). The van der Waals surface area contributed by atoms with E-state index in [2.05, 4.69) is 10.6 Å². The van der Waals surface area contributed by atoms with E-state index in [0.717, 1.165) is 17.8 Å². The zero-order chi connectivity index (χ0) is 21.4. The molecule has 0 radical (unpaired) electrons. The minimum atomic E-state index is -0.842. The van der Waals surface area contributed by atoms with E-state index in [0.29, 0.717) is 12.2 Å². The van der Waals surface area contributed by atoms with Gasteiger partial charge in [0.25, 0.3) is 5.91 Å². The first-order valence-electron chi connectivity index (χ1n) is 11.2. The first kappa shape index (κ1) is 20.1. The maximum atomic E-state index is 12.5. The number of nitrogens with one attached hydrogen (secondary N) is 2. The predicted molar refractivity (Wildman–Crippen MR) is 113 cm³/mol. The highest BCUT2D eigenvalue weighted by Gasteiger charge is 2.50. The summed E-state index contributed by atoms with van der Waals surface area (Å²) in [6.07, 6.45) is 7.67. The molecule has 1 aliphatic heterocycles. The molecule has 0 aromatic heterocycles. The van der Waals surface area contributed by atoms with Gasteiger partial charge in [-0.1, -0.05) is 18.2 Å². The molecule has 0 atom stereocenters. The average Bonchev–Trinajstić information content (AvgIpc) is 3.10. The van der Waals surface area contributed by atoms with Crippen molar-refractivity contribution in [3.05, 3.63) is 41.8 Å². The molecule has 7 heteroatoms. The predicted octanol–water partition coefficient (Wildman–Crippen LogP) is 2.79. The zero-order valence-electron chi connectivity index (χ0n) is 17.5. The summed E-state index contributed by atoms with van der Waals surface area (Å²) in [4.78, 5) is 37.0. The molecule has 2 N–H and O–H groups in total. The number of hydrogen-bond donors (Lipinski definition) is 2. The number of hydrogen-bond acceptors (Lipinski definition) is 6. The molecule has 4 aliphatic carbocycles. The van der Waals surface area contributed by atoms with Gasteiger partial charge in [0.2, 0.25) is 11.7 Å². The second-order valence-electron chi connectivity index (χ2n) is 9.68. The van der Waals surface area contributed by atoms with Crippen LogP contribution in [-0.2, 0) is 23.9 Å². The molecule has 6 rings (SSSR count). The van der Waals surface area contributed by atoms with Gasteiger partial charge in [0, 0.05) is 12.2 Å². The molecule has 164 valence electrons. The van der Waals surface area contributed by atoms with Gasteiger partial charge >= 0.3 is 5.97 Å². The number of Topliss-reactive ketones (excluding diaryl/α,β-unsaturated/α-hetero) is 1. The molecule has 31 heavy (non-hydrogen) atoms. The Hall–Kier alpha value is -2.83. The van der Waals surface area contributed by atoms with Crippen molar-refractivity contribution >= 4 is 23.3 Å². The smallest absolute Gasteiger partial charge is 0.347 e. The molecular weight excluding hydrogens is 396 g/mol. The van der Waals surface area contributed by atoms with Gasteiger partial charge in [0.15, 0.2) is 18.8 Å². The molecule has 7 nitrogen and oxygen atoms in total. The van der Waals surface area contributed by atoms with E-state index in [1.807, 2.05) is 18.2 Å². The van der Waals surface area contributed by atoms with E-state index in [4.69, 9.17) is 9.47 Å². The van der Waals surface area contributed by atoms with Gasteiger partial charge in [-0.15, -0.1) is 0 Å². The number of carbonyl (C=O) groups excluding carboxylic acids is 3. The van der Waals surface area contributed by atoms with Crippen LogP contribution in [0.5, 0.6) is 0 Å². The van der Waals surface area contributed by atoms with Crippen LogP contribution in [0, 0.1) is 23.2 Å². The maximum absolute atomic E-state index is 12.5. The number of benzene rings is 1. The number of ketones is 1. The van der Waals surface area contributed by atoms with Crippen LogP contribution in [-0.4, -0.2) is 37.4 Å². The highest BCUT2D eigenvalue weighted by molar-refractivity contribution is 6.20. The second-order valence-corrected chi connectivity index (χ2v) is 9.68. The van der Waals surface area contributed by atoms with Crippen molar-refractivity contribution < 1.29 is 23.9 Å². The van der Waals surface area contributed by atoms with E-state index in [1.54, 1.807) is 12.1 Å². The molecule has 0 saturated heterocycles. The first-order chi connectivity index (χ1) is 15.0. The highest BCUT2D eigenvalue weighted by atomic mass is 16.5. The van der Waals surface area contributed by atoms with E-state index < -0.39 is 18.4 Å². The quantitative estimate of drug-likeness (QED) is 0.516.